The Kier molecular flexibility index (Phi) is 4.78. The Morgan fingerprint density at radius 3 is 2.36 bits per heavy atom. The number of phenols is 2. The molecule has 0 aliphatic heterocycles. The van der Waals surface area contributed by atoms with Crippen LogP contribution in [0.2, 0.25) is 0 Å². The van der Waals surface area contributed by atoms with E-state index in [1.807, 2.05) is 38.1 Å². The van der Waals surface area contributed by atoms with Crippen LogP contribution in [0.5, 0.6) is 17.4 Å². The van der Waals surface area contributed by atoms with Gasteiger partial charge in [-0.05, 0) is 24.3 Å². The van der Waals surface area contributed by atoms with Crippen LogP contribution in [0.15, 0.2) is 42.5 Å². The van der Waals surface area contributed by atoms with Gasteiger partial charge in [-0.3, -0.25) is 0 Å². The molecule has 1 heterocycles. The lowest BCUT2D eigenvalue weighted by molar-refractivity contribution is 0.403. The SMILES string of the molecule is CC.COc1nc(-c2ccc(O)cc2O)nc2ccccc12. The fourth-order valence-corrected chi connectivity index (χ4v) is 2.03. The summed E-state index contributed by atoms with van der Waals surface area (Å²) in [6, 6.07) is 11.8. The number of ether oxygens (including phenoxy) is 1. The molecular formula is C17H18N2O3. The Morgan fingerprint density at radius 1 is 0.955 bits per heavy atom. The summed E-state index contributed by atoms with van der Waals surface area (Å²) in [7, 11) is 1.54. The quantitative estimate of drug-likeness (QED) is 0.753. The molecule has 0 atom stereocenters. The van der Waals surface area contributed by atoms with Gasteiger partial charge in [-0.2, -0.15) is 4.98 Å². The maximum atomic E-state index is 9.90. The van der Waals surface area contributed by atoms with E-state index in [1.165, 1.54) is 19.2 Å². The first kappa shape index (κ1) is 15.6. The van der Waals surface area contributed by atoms with Crippen LogP contribution in [0.25, 0.3) is 22.3 Å². The molecule has 1 aromatic heterocycles. The fraction of sp³-hybridized carbons (Fsp3) is 0.176. The molecule has 3 rings (SSSR count). The van der Waals surface area contributed by atoms with E-state index in [2.05, 4.69) is 9.97 Å². The highest BCUT2D eigenvalue weighted by molar-refractivity contribution is 5.85. The predicted octanol–water partition coefficient (Wildman–Crippen LogP) is 3.74. The first-order valence-corrected chi connectivity index (χ1v) is 7.02. The van der Waals surface area contributed by atoms with Crippen LogP contribution in [0.4, 0.5) is 0 Å². The van der Waals surface area contributed by atoms with Crippen LogP contribution in [0, 0.1) is 0 Å². The maximum absolute atomic E-state index is 9.90. The van der Waals surface area contributed by atoms with Crippen molar-refractivity contribution in [3.05, 3.63) is 42.5 Å². The second-order valence-electron chi connectivity index (χ2n) is 4.28. The van der Waals surface area contributed by atoms with E-state index >= 15 is 0 Å². The highest BCUT2D eigenvalue weighted by Crippen LogP contribution is 2.32. The number of benzene rings is 2. The van der Waals surface area contributed by atoms with Gasteiger partial charge in [0.25, 0.3) is 0 Å². The monoisotopic (exact) mass is 298 g/mol. The normalized spacial score (nSPS) is 9.95. The summed E-state index contributed by atoms with van der Waals surface area (Å²) in [6.07, 6.45) is 0. The van der Waals surface area contributed by atoms with E-state index in [0.29, 0.717) is 17.3 Å². The van der Waals surface area contributed by atoms with Crippen molar-refractivity contribution in [3.8, 4) is 28.8 Å². The Morgan fingerprint density at radius 2 is 1.68 bits per heavy atom. The number of nitrogens with zero attached hydrogens (tertiary/aromatic N) is 2. The summed E-state index contributed by atoms with van der Waals surface area (Å²) in [5, 5.41) is 20.0. The van der Waals surface area contributed by atoms with Gasteiger partial charge in [-0.25, -0.2) is 4.98 Å². The standard InChI is InChI=1S/C15H12N2O3.C2H6/c1-20-15-10-4-2-3-5-12(10)16-14(17-15)11-7-6-9(18)8-13(11)19;1-2/h2-8,18-19H,1H3;1-2H3. The number of aromatic hydroxyl groups is 2. The van der Waals surface area contributed by atoms with Gasteiger partial charge in [0.05, 0.1) is 23.6 Å². The molecule has 0 fully saturated rings. The molecule has 0 amide bonds. The summed E-state index contributed by atoms with van der Waals surface area (Å²) in [6.45, 7) is 4.00. The van der Waals surface area contributed by atoms with Crippen LogP contribution in [0.3, 0.4) is 0 Å². The van der Waals surface area contributed by atoms with Gasteiger partial charge in [-0.1, -0.05) is 26.0 Å². The molecule has 5 nitrogen and oxygen atoms in total. The van der Waals surface area contributed by atoms with Crippen molar-refractivity contribution in [1.82, 2.24) is 9.97 Å². The minimum atomic E-state index is -0.0812. The molecule has 3 aromatic rings. The molecule has 0 saturated carbocycles. The van der Waals surface area contributed by atoms with Crippen LogP contribution in [-0.4, -0.2) is 27.3 Å². The lowest BCUT2D eigenvalue weighted by Gasteiger charge is -2.08. The number of methoxy groups -OCH3 is 1. The Labute approximate surface area is 128 Å². The third-order valence-electron chi connectivity index (χ3n) is 2.98. The van der Waals surface area contributed by atoms with Crippen molar-refractivity contribution >= 4 is 10.9 Å². The van der Waals surface area contributed by atoms with E-state index in [1.54, 1.807) is 6.07 Å². The molecule has 0 unspecified atom stereocenters. The minimum Gasteiger partial charge on any atom is -0.508 e. The number of hydrogen-bond donors (Lipinski definition) is 2. The lowest BCUT2D eigenvalue weighted by Crippen LogP contribution is -1.96. The third kappa shape index (κ3) is 2.93. The van der Waals surface area contributed by atoms with Crippen molar-refractivity contribution in [1.29, 1.82) is 0 Å². The summed E-state index contributed by atoms with van der Waals surface area (Å²) in [5.41, 5.74) is 1.16. The van der Waals surface area contributed by atoms with Gasteiger partial charge in [0, 0.05) is 6.07 Å². The fourth-order valence-electron chi connectivity index (χ4n) is 2.03. The lowest BCUT2D eigenvalue weighted by atomic mass is 10.1. The van der Waals surface area contributed by atoms with E-state index in [-0.39, 0.29) is 11.5 Å². The van der Waals surface area contributed by atoms with Gasteiger partial charge >= 0.3 is 0 Å². The van der Waals surface area contributed by atoms with Gasteiger partial charge < -0.3 is 14.9 Å². The molecule has 0 aliphatic carbocycles. The second-order valence-corrected chi connectivity index (χ2v) is 4.28. The molecule has 5 heteroatoms. The number of aromatic nitrogens is 2. The number of para-hydroxylation sites is 1. The zero-order chi connectivity index (χ0) is 16.1. The molecule has 0 saturated heterocycles. The largest absolute Gasteiger partial charge is 0.508 e. The smallest absolute Gasteiger partial charge is 0.224 e. The second kappa shape index (κ2) is 6.76. The molecule has 22 heavy (non-hydrogen) atoms. The molecule has 2 N–H and O–H groups in total. The Balaban J connectivity index is 0.000000847. The summed E-state index contributed by atoms with van der Waals surface area (Å²) in [4.78, 5) is 8.72. The average Bonchev–Trinajstić information content (AvgIpc) is 2.55. The summed E-state index contributed by atoms with van der Waals surface area (Å²) < 4.78 is 5.27. The Hall–Kier alpha value is -2.82. The number of rotatable bonds is 2. The maximum Gasteiger partial charge on any atom is 0.224 e. The highest BCUT2D eigenvalue weighted by atomic mass is 16.5. The van der Waals surface area contributed by atoms with Gasteiger partial charge in [0.15, 0.2) is 5.82 Å². The molecular weight excluding hydrogens is 280 g/mol. The topological polar surface area (TPSA) is 75.5 Å². The molecule has 0 spiro atoms. The van der Waals surface area contributed by atoms with E-state index in [4.69, 9.17) is 4.74 Å². The Bertz CT molecular complexity index is 788. The summed E-state index contributed by atoms with van der Waals surface area (Å²) >= 11 is 0. The molecule has 0 bridgehead atoms. The number of fused-ring (bicyclic) bond motifs is 1. The van der Waals surface area contributed by atoms with Crippen LogP contribution >= 0.6 is 0 Å². The van der Waals surface area contributed by atoms with Gasteiger partial charge in [0.1, 0.15) is 11.5 Å². The number of hydrogen-bond acceptors (Lipinski definition) is 5. The first-order valence-electron chi connectivity index (χ1n) is 7.02. The number of phenolic OH excluding ortho intramolecular Hbond substituents is 2. The van der Waals surface area contributed by atoms with Crippen molar-refractivity contribution in [2.75, 3.05) is 7.11 Å². The van der Waals surface area contributed by atoms with Crippen molar-refractivity contribution < 1.29 is 14.9 Å². The molecule has 2 aromatic carbocycles. The van der Waals surface area contributed by atoms with Crippen LogP contribution in [0.1, 0.15) is 13.8 Å². The zero-order valence-electron chi connectivity index (χ0n) is 12.7. The van der Waals surface area contributed by atoms with E-state index in [0.717, 1.165) is 10.9 Å². The molecule has 0 radical (unpaired) electrons. The minimum absolute atomic E-state index is 0.0148. The van der Waals surface area contributed by atoms with E-state index in [9.17, 15) is 10.2 Å². The highest BCUT2D eigenvalue weighted by Gasteiger charge is 2.12. The van der Waals surface area contributed by atoms with Crippen molar-refractivity contribution in [2.24, 2.45) is 0 Å². The van der Waals surface area contributed by atoms with Gasteiger partial charge in [-0.15, -0.1) is 0 Å². The molecule has 114 valence electrons. The summed E-state index contributed by atoms with van der Waals surface area (Å²) in [5.74, 6) is 0.692. The predicted molar refractivity (Wildman–Crippen MR) is 86.2 cm³/mol. The zero-order valence-corrected chi connectivity index (χ0v) is 12.7. The third-order valence-corrected chi connectivity index (χ3v) is 2.98. The molecule has 0 aliphatic rings. The first-order chi connectivity index (χ1) is 10.7. The van der Waals surface area contributed by atoms with Crippen LogP contribution < -0.4 is 4.74 Å². The van der Waals surface area contributed by atoms with E-state index < -0.39 is 0 Å². The average molecular weight is 298 g/mol. The van der Waals surface area contributed by atoms with Crippen LogP contribution in [-0.2, 0) is 0 Å². The van der Waals surface area contributed by atoms with Crippen molar-refractivity contribution in [2.45, 2.75) is 13.8 Å². The van der Waals surface area contributed by atoms with Gasteiger partial charge in [0.2, 0.25) is 5.88 Å². The van der Waals surface area contributed by atoms with Crippen molar-refractivity contribution in [3.63, 3.8) is 0 Å².